The lowest BCUT2D eigenvalue weighted by molar-refractivity contribution is -0.129. The van der Waals surface area contributed by atoms with Crippen molar-refractivity contribution in [1.82, 2.24) is 0 Å². The van der Waals surface area contributed by atoms with E-state index < -0.39 is 0 Å². The van der Waals surface area contributed by atoms with Crippen LogP contribution < -0.4 is 9.31 Å². The molecule has 0 saturated heterocycles. The fraction of sp³-hybridized carbons (Fsp3) is 0.632. The Kier molecular flexibility index (Phi) is 2.76. The number of rotatable bonds is 0. The SMILES string of the molecule is CB1Oc2cc3c(cc2O1)C1CCC2(C)C(=O)CCC2C1CC3. The molecule has 1 aromatic rings. The van der Waals surface area contributed by atoms with Gasteiger partial charge in [0.15, 0.2) is 0 Å². The molecule has 2 fully saturated rings. The molecule has 23 heavy (non-hydrogen) atoms. The molecule has 1 heterocycles. The number of aryl methyl sites for hydroxylation is 1. The predicted octanol–water partition coefficient (Wildman–Crippen LogP) is 4.00. The van der Waals surface area contributed by atoms with Crippen molar-refractivity contribution in [2.45, 2.75) is 58.2 Å². The first kappa shape index (κ1) is 13.9. The highest BCUT2D eigenvalue weighted by Crippen LogP contribution is 2.60. The van der Waals surface area contributed by atoms with Gasteiger partial charge in [0.25, 0.3) is 0 Å². The minimum atomic E-state index is -0.174. The highest BCUT2D eigenvalue weighted by molar-refractivity contribution is 6.45. The van der Waals surface area contributed by atoms with E-state index in [9.17, 15) is 4.79 Å². The predicted molar refractivity (Wildman–Crippen MR) is 88.9 cm³/mol. The molecule has 0 amide bonds. The van der Waals surface area contributed by atoms with Gasteiger partial charge < -0.3 is 9.31 Å². The van der Waals surface area contributed by atoms with Crippen LogP contribution in [-0.2, 0) is 11.2 Å². The first-order valence-electron chi connectivity index (χ1n) is 9.10. The number of Topliss-reactive ketones (excluding diaryl/α,β-unsaturated/α-hetero) is 1. The molecule has 4 atom stereocenters. The van der Waals surface area contributed by atoms with Crippen molar-refractivity contribution in [3.05, 3.63) is 23.3 Å². The lowest BCUT2D eigenvalue weighted by Gasteiger charge is -2.48. The molecule has 1 aliphatic heterocycles. The van der Waals surface area contributed by atoms with E-state index in [1.165, 1.54) is 17.5 Å². The molecule has 4 heteroatoms. The highest BCUT2D eigenvalue weighted by atomic mass is 16.6. The van der Waals surface area contributed by atoms with Gasteiger partial charge >= 0.3 is 7.12 Å². The minimum absolute atomic E-state index is 0.0382. The van der Waals surface area contributed by atoms with Gasteiger partial charge in [0, 0.05) is 11.8 Å². The van der Waals surface area contributed by atoms with Crippen LogP contribution in [0.25, 0.3) is 0 Å². The normalized spacial score (nSPS) is 37.4. The highest BCUT2D eigenvalue weighted by Gasteiger charge is 2.54. The molecule has 3 aliphatic carbocycles. The van der Waals surface area contributed by atoms with Gasteiger partial charge in [-0.2, -0.15) is 0 Å². The van der Waals surface area contributed by atoms with Crippen LogP contribution in [0.4, 0.5) is 0 Å². The van der Waals surface area contributed by atoms with Crippen molar-refractivity contribution < 1.29 is 14.1 Å². The van der Waals surface area contributed by atoms with Gasteiger partial charge in [0.1, 0.15) is 17.3 Å². The standard InChI is InChI=1S/C19H23BO3/c1-19-8-7-12-13(15(19)5-6-18(19)21)4-3-11-9-16-17(10-14(11)12)23-20(2)22-16/h9-10,12-13,15H,3-8H2,1-2H3. The van der Waals surface area contributed by atoms with Gasteiger partial charge in [-0.3, -0.25) is 4.79 Å². The second-order valence-corrected chi connectivity index (χ2v) is 8.13. The van der Waals surface area contributed by atoms with Crippen LogP contribution in [0.2, 0.25) is 6.82 Å². The minimum Gasteiger partial charge on any atom is -0.523 e. The van der Waals surface area contributed by atoms with E-state index in [0.717, 1.165) is 43.6 Å². The molecule has 2 saturated carbocycles. The molecule has 120 valence electrons. The van der Waals surface area contributed by atoms with Crippen LogP contribution in [0, 0.1) is 17.3 Å². The van der Waals surface area contributed by atoms with Crippen LogP contribution in [0.15, 0.2) is 12.1 Å². The van der Waals surface area contributed by atoms with Crippen LogP contribution in [0.3, 0.4) is 0 Å². The number of carbonyl (C=O) groups is 1. The number of fused-ring (bicyclic) bond motifs is 6. The van der Waals surface area contributed by atoms with Crippen molar-refractivity contribution in [2.75, 3.05) is 0 Å². The fourth-order valence-corrected chi connectivity index (χ4v) is 5.91. The van der Waals surface area contributed by atoms with Gasteiger partial charge in [0.2, 0.25) is 0 Å². The third kappa shape index (κ3) is 1.81. The molecule has 1 aromatic carbocycles. The monoisotopic (exact) mass is 310 g/mol. The molecule has 0 radical (unpaired) electrons. The summed E-state index contributed by atoms with van der Waals surface area (Å²) in [4.78, 5) is 12.4. The lowest BCUT2D eigenvalue weighted by atomic mass is 9.55. The second-order valence-electron chi connectivity index (χ2n) is 8.13. The van der Waals surface area contributed by atoms with Gasteiger partial charge in [-0.1, -0.05) is 6.92 Å². The molecule has 0 N–H and O–H groups in total. The molecule has 0 bridgehead atoms. The Labute approximate surface area is 137 Å². The average molecular weight is 310 g/mol. The third-order valence-corrected chi connectivity index (χ3v) is 7.08. The van der Waals surface area contributed by atoms with Crippen molar-refractivity contribution in [1.29, 1.82) is 0 Å². The quantitative estimate of drug-likeness (QED) is 0.679. The van der Waals surface area contributed by atoms with Crippen molar-refractivity contribution in [2.24, 2.45) is 17.3 Å². The van der Waals surface area contributed by atoms with Crippen molar-refractivity contribution in [3.63, 3.8) is 0 Å². The maximum absolute atomic E-state index is 12.4. The van der Waals surface area contributed by atoms with E-state index >= 15 is 0 Å². The average Bonchev–Trinajstić information content (AvgIpc) is 3.03. The smallest absolute Gasteiger partial charge is 0.523 e. The molecule has 5 rings (SSSR count). The lowest BCUT2D eigenvalue weighted by Crippen LogP contribution is -2.42. The Morgan fingerprint density at radius 2 is 1.91 bits per heavy atom. The second kappa shape index (κ2) is 4.55. The Bertz CT molecular complexity index is 700. The van der Waals surface area contributed by atoms with Crippen LogP contribution in [0.1, 0.15) is 56.1 Å². The Hall–Kier alpha value is -1.45. The first-order chi connectivity index (χ1) is 11.1. The van der Waals surface area contributed by atoms with E-state index in [-0.39, 0.29) is 12.5 Å². The molecule has 0 aromatic heterocycles. The summed E-state index contributed by atoms with van der Waals surface area (Å²) in [6, 6.07) is 4.45. The van der Waals surface area contributed by atoms with Crippen LogP contribution in [0.5, 0.6) is 11.5 Å². The Morgan fingerprint density at radius 3 is 2.74 bits per heavy atom. The fourth-order valence-electron chi connectivity index (χ4n) is 5.91. The maximum atomic E-state index is 12.4. The summed E-state index contributed by atoms with van der Waals surface area (Å²) in [5.41, 5.74) is 2.87. The van der Waals surface area contributed by atoms with Crippen molar-refractivity contribution in [3.8, 4) is 11.5 Å². The molecule has 4 aliphatic rings. The number of ketones is 1. The van der Waals surface area contributed by atoms with Gasteiger partial charge in [0.05, 0.1) is 0 Å². The Morgan fingerprint density at radius 1 is 1.13 bits per heavy atom. The molecule has 0 spiro atoms. The summed E-state index contributed by atoms with van der Waals surface area (Å²) in [6.45, 7) is 4.18. The number of hydrogen-bond acceptors (Lipinski definition) is 3. The molecule has 4 unspecified atom stereocenters. The van der Waals surface area contributed by atoms with E-state index in [4.69, 9.17) is 9.31 Å². The third-order valence-electron chi connectivity index (χ3n) is 7.08. The van der Waals surface area contributed by atoms with E-state index in [1.807, 2.05) is 6.82 Å². The summed E-state index contributed by atoms with van der Waals surface area (Å²) >= 11 is 0. The summed E-state index contributed by atoms with van der Waals surface area (Å²) < 4.78 is 11.5. The summed E-state index contributed by atoms with van der Waals surface area (Å²) in [5, 5.41) is 0. The van der Waals surface area contributed by atoms with Gasteiger partial charge in [-0.05, 0) is 79.9 Å². The first-order valence-corrected chi connectivity index (χ1v) is 9.10. The van der Waals surface area contributed by atoms with Crippen molar-refractivity contribution >= 4 is 12.9 Å². The van der Waals surface area contributed by atoms with E-state index in [2.05, 4.69) is 19.1 Å². The zero-order chi connectivity index (χ0) is 15.8. The maximum Gasteiger partial charge on any atom is 0.591 e. The molecule has 3 nitrogen and oxygen atoms in total. The van der Waals surface area contributed by atoms with E-state index in [0.29, 0.717) is 23.5 Å². The topological polar surface area (TPSA) is 35.5 Å². The number of hydrogen-bond donors (Lipinski definition) is 0. The summed E-state index contributed by atoms with van der Waals surface area (Å²) in [6.07, 6.45) is 6.44. The summed E-state index contributed by atoms with van der Waals surface area (Å²) in [5.74, 6) is 4.20. The zero-order valence-electron chi connectivity index (χ0n) is 13.9. The largest absolute Gasteiger partial charge is 0.591 e. The van der Waals surface area contributed by atoms with E-state index in [1.54, 1.807) is 0 Å². The molecular formula is C19H23BO3. The summed E-state index contributed by atoms with van der Waals surface area (Å²) in [7, 11) is -0.174. The number of carbonyl (C=O) groups excluding carboxylic acids is 1. The Balaban J connectivity index is 1.54. The number of benzene rings is 1. The van der Waals surface area contributed by atoms with Crippen LogP contribution >= 0.6 is 0 Å². The molecular weight excluding hydrogens is 287 g/mol. The van der Waals surface area contributed by atoms with Gasteiger partial charge in [-0.15, -0.1) is 0 Å². The van der Waals surface area contributed by atoms with Gasteiger partial charge in [-0.25, -0.2) is 0 Å². The zero-order valence-corrected chi connectivity index (χ0v) is 13.9. The van der Waals surface area contributed by atoms with Crippen LogP contribution in [-0.4, -0.2) is 12.9 Å².